The van der Waals surface area contributed by atoms with Crippen LogP contribution in [0.5, 0.6) is 0 Å². The molecule has 1 aliphatic carbocycles. The van der Waals surface area contributed by atoms with Crippen LogP contribution in [0.25, 0.3) is 0 Å². The van der Waals surface area contributed by atoms with Crippen LogP contribution in [0.4, 0.5) is 10.1 Å². The molecule has 2 rings (SSSR count). The van der Waals surface area contributed by atoms with Crippen molar-refractivity contribution in [2.75, 3.05) is 5.73 Å². The van der Waals surface area contributed by atoms with Crippen LogP contribution < -0.4 is 11.1 Å². The molecule has 0 heterocycles. The molecule has 18 heavy (non-hydrogen) atoms. The number of nitrogen functional groups attached to an aromatic ring is 1. The average molecular weight is 250 g/mol. The summed E-state index contributed by atoms with van der Waals surface area (Å²) < 4.78 is 13.1. The van der Waals surface area contributed by atoms with Crippen LogP contribution in [0.2, 0.25) is 0 Å². The number of rotatable bonds is 5. The van der Waals surface area contributed by atoms with E-state index < -0.39 is 5.82 Å². The van der Waals surface area contributed by atoms with E-state index >= 15 is 0 Å². The molecule has 0 bridgehead atoms. The maximum Gasteiger partial charge on any atom is 0.253 e. The van der Waals surface area contributed by atoms with Gasteiger partial charge in [-0.05, 0) is 37.0 Å². The SMILES string of the molecule is CCC(CC1CC1)NC(=O)c1cc(F)ccc1N. The number of carbonyl (C=O) groups is 1. The van der Waals surface area contributed by atoms with Gasteiger partial charge in [0.2, 0.25) is 0 Å². The van der Waals surface area contributed by atoms with Gasteiger partial charge in [-0.2, -0.15) is 0 Å². The fraction of sp³-hybridized carbons (Fsp3) is 0.500. The van der Waals surface area contributed by atoms with Crippen molar-refractivity contribution in [3.05, 3.63) is 29.6 Å². The molecule has 1 amide bonds. The molecule has 1 saturated carbocycles. The number of carbonyl (C=O) groups excluding carboxylic acids is 1. The first-order chi connectivity index (χ1) is 8.60. The van der Waals surface area contributed by atoms with E-state index in [0.717, 1.165) is 18.8 Å². The maximum absolute atomic E-state index is 13.1. The van der Waals surface area contributed by atoms with Crippen molar-refractivity contribution in [3.8, 4) is 0 Å². The molecule has 1 atom stereocenters. The topological polar surface area (TPSA) is 55.1 Å². The number of amides is 1. The summed E-state index contributed by atoms with van der Waals surface area (Å²) in [6.45, 7) is 2.04. The zero-order valence-electron chi connectivity index (χ0n) is 10.6. The monoisotopic (exact) mass is 250 g/mol. The summed E-state index contributed by atoms with van der Waals surface area (Å²) in [5.41, 5.74) is 6.23. The quantitative estimate of drug-likeness (QED) is 0.789. The molecule has 3 nitrogen and oxygen atoms in total. The summed E-state index contributed by atoms with van der Waals surface area (Å²) in [6.07, 6.45) is 4.41. The van der Waals surface area contributed by atoms with Crippen LogP contribution in [0, 0.1) is 11.7 Å². The normalized spacial score (nSPS) is 16.3. The minimum atomic E-state index is -0.440. The Labute approximate surface area is 107 Å². The summed E-state index contributed by atoms with van der Waals surface area (Å²) in [5.74, 6) is 0.0317. The van der Waals surface area contributed by atoms with Gasteiger partial charge < -0.3 is 11.1 Å². The van der Waals surface area contributed by atoms with Gasteiger partial charge in [0, 0.05) is 11.7 Å². The number of hydrogen-bond donors (Lipinski definition) is 2. The largest absolute Gasteiger partial charge is 0.398 e. The van der Waals surface area contributed by atoms with Crippen molar-refractivity contribution in [1.82, 2.24) is 5.32 Å². The Morgan fingerprint density at radius 3 is 2.89 bits per heavy atom. The van der Waals surface area contributed by atoms with Crippen molar-refractivity contribution in [2.24, 2.45) is 5.92 Å². The first-order valence-corrected chi connectivity index (χ1v) is 6.46. The van der Waals surface area contributed by atoms with E-state index in [0.29, 0.717) is 5.69 Å². The van der Waals surface area contributed by atoms with Crippen LogP contribution in [0.3, 0.4) is 0 Å². The van der Waals surface area contributed by atoms with Crippen LogP contribution in [-0.4, -0.2) is 11.9 Å². The van der Waals surface area contributed by atoms with E-state index in [-0.39, 0.29) is 17.5 Å². The summed E-state index contributed by atoms with van der Waals surface area (Å²) >= 11 is 0. The Balaban J connectivity index is 2.02. The third-order valence-corrected chi connectivity index (χ3v) is 3.40. The Morgan fingerprint density at radius 2 is 2.28 bits per heavy atom. The molecule has 0 aromatic heterocycles. The van der Waals surface area contributed by atoms with E-state index in [2.05, 4.69) is 5.32 Å². The summed E-state index contributed by atoms with van der Waals surface area (Å²) in [7, 11) is 0. The highest BCUT2D eigenvalue weighted by molar-refractivity contribution is 5.99. The molecular formula is C14H19FN2O. The highest BCUT2D eigenvalue weighted by Gasteiger charge is 2.26. The predicted molar refractivity (Wildman–Crippen MR) is 69.7 cm³/mol. The van der Waals surface area contributed by atoms with Gasteiger partial charge in [-0.3, -0.25) is 4.79 Å². The molecule has 1 aliphatic rings. The van der Waals surface area contributed by atoms with Gasteiger partial charge in [0.05, 0.1) is 5.56 Å². The second kappa shape index (κ2) is 5.38. The molecule has 0 saturated heterocycles. The number of nitrogens with one attached hydrogen (secondary N) is 1. The number of anilines is 1. The lowest BCUT2D eigenvalue weighted by atomic mass is 10.1. The lowest BCUT2D eigenvalue weighted by molar-refractivity contribution is 0.0933. The molecule has 98 valence electrons. The Morgan fingerprint density at radius 1 is 1.56 bits per heavy atom. The third-order valence-electron chi connectivity index (χ3n) is 3.40. The second-order valence-corrected chi connectivity index (χ2v) is 4.99. The highest BCUT2D eigenvalue weighted by Crippen LogP contribution is 2.34. The highest BCUT2D eigenvalue weighted by atomic mass is 19.1. The molecule has 1 aromatic rings. The van der Waals surface area contributed by atoms with Crippen molar-refractivity contribution in [3.63, 3.8) is 0 Å². The van der Waals surface area contributed by atoms with E-state index in [1.165, 1.54) is 31.0 Å². The van der Waals surface area contributed by atoms with Crippen molar-refractivity contribution in [1.29, 1.82) is 0 Å². The van der Waals surface area contributed by atoms with Gasteiger partial charge in [-0.1, -0.05) is 19.8 Å². The Kier molecular flexibility index (Phi) is 3.84. The number of nitrogens with two attached hydrogens (primary N) is 1. The van der Waals surface area contributed by atoms with Gasteiger partial charge in [0.25, 0.3) is 5.91 Å². The van der Waals surface area contributed by atoms with Crippen molar-refractivity contribution >= 4 is 11.6 Å². The predicted octanol–water partition coefficient (Wildman–Crippen LogP) is 2.72. The summed E-state index contributed by atoms with van der Waals surface area (Å²) in [5, 5.41) is 2.94. The molecular weight excluding hydrogens is 231 g/mol. The van der Waals surface area contributed by atoms with E-state index in [4.69, 9.17) is 5.73 Å². The Bertz CT molecular complexity index is 443. The number of benzene rings is 1. The lowest BCUT2D eigenvalue weighted by Gasteiger charge is -2.17. The number of hydrogen-bond acceptors (Lipinski definition) is 2. The zero-order chi connectivity index (χ0) is 13.1. The van der Waals surface area contributed by atoms with E-state index in [1.807, 2.05) is 6.92 Å². The third kappa shape index (κ3) is 3.22. The summed E-state index contributed by atoms with van der Waals surface area (Å²) in [6, 6.07) is 4.03. The lowest BCUT2D eigenvalue weighted by Crippen LogP contribution is -2.35. The van der Waals surface area contributed by atoms with Gasteiger partial charge >= 0.3 is 0 Å². The van der Waals surface area contributed by atoms with Crippen LogP contribution in [0.15, 0.2) is 18.2 Å². The molecule has 1 fully saturated rings. The fourth-order valence-corrected chi connectivity index (χ4v) is 2.07. The minimum Gasteiger partial charge on any atom is -0.398 e. The van der Waals surface area contributed by atoms with E-state index in [9.17, 15) is 9.18 Å². The van der Waals surface area contributed by atoms with Crippen molar-refractivity contribution < 1.29 is 9.18 Å². The second-order valence-electron chi connectivity index (χ2n) is 4.99. The maximum atomic E-state index is 13.1. The molecule has 0 spiro atoms. The standard InChI is InChI=1S/C14H19FN2O/c1-2-11(7-9-3-4-9)17-14(18)12-8-10(15)5-6-13(12)16/h5-6,8-9,11H,2-4,7,16H2,1H3,(H,17,18). The molecule has 1 aromatic carbocycles. The molecule has 0 radical (unpaired) electrons. The van der Waals surface area contributed by atoms with Crippen LogP contribution in [0.1, 0.15) is 43.0 Å². The molecule has 0 aliphatic heterocycles. The smallest absolute Gasteiger partial charge is 0.253 e. The van der Waals surface area contributed by atoms with Crippen molar-refractivity contribution in [2.45, 2.75) is 38.6 Å². The van der Waals surface area contributed by atoms with Crippen LogP contribution >= 0.6 is 0 Å². The summed E-state index contributed by atoms with van der Waals surface area (Å²) in [4.78, 5) is 12.0. The van der Waals surface area contributed by atoms with Gasteiger partial charge in [0.15, 0.2) is 0 Å². The number of halogens is 1. The average Bonchev–Trinajstić information content (AvgIpc) is 3.15. The molecule has 4 heteroatoms. The van der Waals surface area contributed by atoms with Gasteiger partial charge in [-0.25, -0.2) is 4.39 Å². The Hall–Kier alpha value is -1.58. The van der Waals surface area contributed by atoms with Crippen LogP contribution in [-0.2, 0) is 0 Å². The van der Waals surface area contributed by atoms with Gasteiger partial charge in [-0.15, -0.1) is 0 Å². The molecule has 1 unspecified atom stereocenters. The first kappa shape index (κ1) is 12.9. The van der Waals surface area contributed by atoms with E-state index in [1.54, 1.807) is 0 Å². The fourth-order valence-electron chi connectivity index (χ4n) is 2.07. The zero-order valence-corrected chi connectivity index (χ0v) is 10.6. The first-order valence-electron chi connectivity index (χ1n) is 6.46. The molecule has 3 N–H and O–H groups in total. The van der Waals surface area contributed by atoms with Gasteiger partial charge in [0.1, 0.15) is 5.82 Å². The minimum absolute atomic E-state index is 0.160.